The SMILES string of the molecule is O=C1C[C@@H](c2nc3ccccc3[nH]2)CN1CC1CC1. The minimum Gasteiger partial charge on any atom is -0.342 e. The smallest absolute Gasteiger partial charge is 0.223 e. The van der Waals surface area contributed by atoms with Crippen LogP contribution in [0.3, 0.4) is 0 Å². The fourth-order valence-corrected chi connectivity index (χ4v) is 2.91. The van der Waals surface area contributed by atoms with Gasteiger partial charge < -0.3 is 9.88 Å². The van der Waals surface area contributed by atoms with Crippen molar-refractivity contribution in [1.82, 2.24) is 14.9 Å². The molecule has 1 atom stereocenters. The molecule has 2 fully saturated rings. The number of rotatable bonds is 3. The molecule has 1 saturated carbocycles. The Balaban J connectivity index is 1.57. The summed E-state index contributed by atoms with van der Waals surface area (Å²) in [4.78, 5) is 22.0. The van der Waals surface area contributed by atoms with E-state index in [-0.39, 0.29) is 11.8 Å². The summed E-state index contributed by atoms with van der Waals surface area (Å²) in [5, 5.41) is 0. The van der Waals surface area contributed by atoms with Crippen molar-refractivity contribution in [2.45, 2.75) is 25.2 Å². The molecule has 0 unspecified atom stereocenters. The Bertz CT molecular complexity index is 596. The molecule has 0 radical (unpaired) electrons. The maximum Gasteiger partial charge on any atom is 0.223 e. The molecule has 4 nitrogen and oxygen atoms in total. The van der Waals surface area contributed by atoms with Crippen LogP contribution < -0.4 is 0 Å². The van der Waals surface area contributed by atoms with E-state index < -0.39 is 0 Å². The fourth-order valence-electron chi connectivity index (χ4n) is 2.91. The van der Waals surface area contributed by atoms with Gasteiger partial charge in [-0.2, -0.15) is 0 Å². The van der Waals surface area contributed by atoms with Gasteiger partial charge in [-0.3, -0.25) is 4.79 Å². The number of nitrogens with one attached hydrogen (secondary N) is 1. The van der Waals surface area contributed by atoms with E-state index in [2.05, 4.69) is 9.97 Å². The molecule has 1 N–H and O–H groups in total. The highest BCUT2D eigenvalue weighted by Crippen LogP contribution is 2.34. The first-order chi connectivity index (χ1) is 9.29. The lowest BCUT2D eigenvalue weighted by Gasteiger charge is -2.15. The predicted molar refractivity (Wildman–Crippen MR) is 72.8 cm³/mol. The number of aromatic amines is 1. The number of carbonyl (C=O) groups is 1. The third-order valence-corrected chi connectivity index (χ3v) is 4.18. The molecule has 1 saturated heterocycles. The topological polar surface area (TPSA) is 49.0 Å². The van der Waals surface area contributed by atoms with E-state index in [1.165, 1.54) is 12.8 Å². The Hall–Kier alpha value is -1.84. The van der Waals surface area contributed by atoms with Crippen LogP contribution >= 0.6 is 0 Å². The van der Waals surface area contributed by atoms with Crippen LogP contribution in [0.1, 0.15) is 31.0 Å². The standard InChI is InChI=1S/C15H17N3O/c19-14-7-11(9-18(14)8-10-5-6-10)15-16-12-3-1-2-4-13(12)17-15/h1-4,10-11H,5-9H2,(H,16,17)/t11-/m1/s1. The van der Waals surface area contributed by atoms with Crippen molar-refractivity contribution in [2.24, 2.45) is 5.92 Å². The van der Waals surface area contributed by atoms with Crippen LogP contribution in [0.15, 0.2) is 24.3 Å². The van der Waals surface area contributed by atoms with E-state index in [1.54, 1.807) is 0 Å². The van der Waals surface area contributed by atoms with Gasteiger partial charge in [-0.1, -0.05) is 12.1 Å². The average molecular weight is 255 g/mol. The summed E-state index contributed by atoms with van der Waals surface area (Å²) < 4.78 is 0. The minimum absolute atomic E-state index is 0.235. The number of nitrogens with zero attached hydrogens (tertiary/aromatic N) is 2. The first-order valence-corrected chi connectivity index (χ1v) is 7.02. The Kier molecular flexibility index (Phi) is 2.37. The molecule has 1 aliphatic heterocycles. The van der Waals surface area contributed by atoms with E-state index in [4.69, 9.17) is 0 Å². The van der Waals surface area contributed by atoms with Crippen LogP contribution in [0, 0.1) is 5.92 Å². The van der Waals surface area contributed by atoms with Crippen LogP contribution in [-0.2, 0) is 4.79 Å². The summed E-state index contributed by atoms with van der Waals surface area (Å²) in [6, 6.07) is 8.04. The number of benzene rings is 1. The second-order valence-electron chi connectivity index (χ2n) is 5.78. The largest absolute Gasteiger partial charge is 0.342 e. The van der Waals surface area contributed by atoms with Gasteiger partial charge in [-0.05, 0) is 30.9 Å². The molecule has 0 bridgehead atoms. The van der Waals surface area contributed by atoms with E-state index in [9.17, 15) is 4.79 Å². The van der Waals surface area contributed by atoms with Gasteiger partial charge in [0.15, 0.2) is 0 Å². The summed E-state index contributed by atoms with van der Waals surface area (Å²) >= 11 is 0. The molecule has 4 rings (SSSR count). The molecule has 2 aliphatic rings. The van der Waals surface area contributed by atoms with Gasteiger partial charge in [0.1, 0.15) is 5.82 Å². The van der Waals surface area contributed by atoms with Crippen molar-refractivity contribution >= 4 is 16.9 Å². The van der Waals surface area contributed by atoms with Crippen LogP contribution in [0.2, 0.25) is 0 Å². The number of fused-ring (bicyclic) bond motifs is 1. The number of para-hydroxylation sites is 2. The Morgan fingerprint density at radius 2 is 2.16 bits per heavy atom. The quantitative estimate of drug-likeness (QED) is 0.914. The Labute approximate surface area is 111 Å². The van der Waals surface area contributed by atoms with Crippen LogP contribution in [0.5, 0.6) is 0 Å². The van der Waals surface area contributed by atoms with Gasteiger partial charge in [0.05, 0.1) is 11.0 Å². The van der Waals surface area contributed by atoms with Crippen molar-refractivity contribution in [1.29, 1.82) is 0 Å². The van der Waals surface area contributed by atoms with Gasteiger partial charge in [0, 0.05) is 25.4 Å². The van der Waals surface area contributed by atoms with E-state index in [0.717, 1.165) is 35.9 Å². The number of aromatic nitrogens is 2. The minimum atomic E-state index is 0.235. The summed E-state index contributed by atoms with van der Waals surface area (Å²) in [6.07, 6.45) is 3.19. The van der Waals surface area contributed by atoms with E-state index in [0.29, 0.717) is 6.42 Å². The molecule has 2 aromatic rings. The maximum absolute atomic E-state index is 12.0. The van der Waals surface area contributed by atoms with Gasteiger partial charge in [-0.25, -0.2) is 4.98 Å². The highest BCUT2D eigenvalue weighted by atomic mass is 16.2. The first-order valence-electron chi connectivity index (χ1n) is 7.02. The number of hydrogen-bond donors (Lipinski definition) is 1. The molecular formula is C15H17N3O. The maximum atomic E-state index is 12.0. The molecule has 19 heavy (non-hydrogen) atoms. The van der Waals surface area contributed by atoms with Crippen molar-refractivity contribution < 1.29 is 4.79 Å². The number of H-pyrrole nitrogens is 1. The number of hydrogen-bond acceptors (Lipinski definition) is 2. The first kappa shape index (κ1) is 11.0. The predicted octanol–water partition coefficient (Wildman–Crippen LogP) is 2.29. The lowest BCUT2D eigenvalue weighted by Crippen LogP contribution is -2.27. The van der Waals surface area contributed by atoms with Crippen molar-refractivity contribution in [3.05, 3.63) is 30.1 Å². The number of likely N-dealkylation sites (tertiary alicyclic amines) is 1. The second kappa shape index (κ2) is 4.08. The van der Waals surface area contributed by atoms with Gasteiger partial charge >= 0.3 is 0 Å². The zero-order chi connectivity index (χ0) is 12.8. The molecule has 4 heteroatoms. The number of amides is 1. The molecule has 1 aromatic carbocycles. The van der Waals surface area contributed by atoms with Crippen LogP contribution in [0.25, 0.3) is 11.0 Å². The normalized spacial score (nSPS) is 23.5. The van der Waals surface area contributed by atoms with Crippen LogP contribution in [-0.4, -0.2) is 33.9 Å². The number of imidazole rings is 1. The monoisotopic (exact) mass is 255 g/mol. The highest BCUT2D eigenvalue weighted by Gasteiger charge is 2.35. The van der Waals surface area contributed by atoms with Gasteiger partial charge in [-0.15, -0.1) is 0 Å². The third kappa shape index (κ3) is 2.01. The van der Waals surface area contributed by atoms with E-state index in [1.807, 2.05) is 29.2 Å². The van der Waals surface area contributed by atoms with Crippen molar-refractivity contribution in [2.75, 3.05) is 13.1 Å². The highest BCUT2D eigenvalue weighted by molar-refractivity contribution is 5.80. The van der Waals surface area contributed by atoms with E-state index >= 15 is 0 Å². The lowest BCUT2D eigenvalue weighted by atomic mass is 10.1. The molecule has 0 spiro atoms. The van der Waals surface area contributed by atoms with Gasteiger partial charge in [0.25, 0.3) is 0 Å². The summed E-state index contributed by atoms with van der Waals surface area (Å²) in [6.45, 7) is 1.78. The molecule has 1 amide bonds. The average Bonchev–Trinajstić information content (AvgIpc) is 3.00. The number of carbonyl (C=O) groups excluding carboxylic acids is 1. The Morgan fingerprint density at radius 1 is 1.32 bits per heavy atom. The van der Waals surface area contributed by atoms with Crippen LogP contribution in [0.4, 0.5) is 0 Å². The fraction of sp³-hybridized carbons (Fsp3) is 0.467. The van der Waals surface area contributed by atoms with Crippen molar-refractivity contribution in [3.8, 4) is 0 Å². The zero-order valence-corrected chi connectivity index (χ0v) is 10.8. The Morgan fingerprint density at radius 3 is 2.95 bits per heavy atom. The third-order valence-electron chi connectivity index (χ3n) is 4.18. The summed E-state index contributed by atoms with van der Waals surface area (Å²) in [7, 11) is 0. The molecule has 1 aliphatic carbocycles. The lowest BCUT2D eigenvalue weighted by molar-refractivity contribution is -0.127. The van der Waals surface area contributed by atoms with Crippen molar-refractivity contribution in [3.63, 3.8) is 0 Å². The molecule has 98 valence electrons. The summed E-state index contributed by atoms with van der Waals surface area (Å²) in [5.41, 5.74) is 2.05. The molecule has 1 aromatic heterocycles. The zero-order valence-electron chi connectivity index (χ0n) is 10.8. The molecule has 2 heterocycles. The molecular weight excluding hydrogens is 238 g/mol. The second-order valence-corrected chi connectivity index (χ2v) is 5.78. The summed E-state index contributed by atoms with van der Waals surface area (Å²) in [5.74, 6) is 2.25. The van der Waals surface area contributed by atoms with Gasteiger partial charge in [0.2, 0.25) is 5.91 Å².